The lowest BCUT2D eigenvalue weighted by Gasteiger charge is -2.12. The Kier molecular flexibility index (Phi) is 5.12. The van der Waals surface area contributed by atoms with Gasteiger partial charge < -0.3 is 10.4 Å². The second kappa shape index (κ2) is 6.85. The lowest BCUT2D eigenvalue weighted by atomic mass is 10.0. The van der Waals surface area contributed by atoms with Crippen LogP contribution in [-0.4, -0.2) is 29.9 Å². The molecule has 1 amide bonds. The van der Waals surface area contributed by atoms with Gasteiger partial charge in [0.05, 0.1) is 6.61 Å². The number of Topliss-reactive ketones (excluding diaryl/α,β-unsaturated/α-hetero) is 1. The molecule has 0 heterocycles. The Balaban J connectivity index is 1.73. The van der Waals surface area contributed by atoms with Crippen molar-refractivity contribution < 1.29 is 14.7 Å². The van der Waals surface area contributed by atoms with Gasteiger partial charge in [-0.1, -0.05) is 31.2 Å². The number of aryl methyl sites for hydroxylation is 1. The molecule has 4 heteroatoms. The minimum Gasteiger partial charge on any atom is -0.396 e. The van der Waals surface area contributed by atoms with E-state index in [2.05, 4.69) is 12.2 Å². The number of hydrogen-bond donors (Lipinski definition) is 2. The SMILES string of the molecule is CCc1ccc(C(=O)CCC(=O)NCC2(CO)CC2)cc1. The number of ketones is 1. The minimum absolute atomic E-state index is 0.00361. The number of carbonyl (C=O) groups excluding carboxylic acids is 2. The van der Waals surface area contributed by atoms with E-state index in [0.29, 0.717) is 12.1 Å². The van der Waals surface area contributed by atoms with Gasteiger partial charge in [-0.2, -0.15) is 0 Å². The highest BCUT2D eigenvalue weighted by Gasteiger charge is 2.41. The standard InChI is InChI=1S/C17H23NO3/c1-2-13-3-5-14(6-4-13)15(20)7-8-16(21)18-11-17(12-19)9-10-17/h3-6,19H,2,7-12H2,1H3,(H,18,21). The Hall–Kier alpha value is -1.68. The number of aliphatic hydroxyl groups is 1. The third kappa shape index (κ3) is 4.39. The smallest absolute Gasteiger partial charge is 0.220 e. The van der Waals surface area contributed by atoms with Crippen molar-refractivity contribution in [1.29, 1.82) is 0 Å². The Morgan fingerprint density at radius 3 is 2.38 bits per heavy atom. The molecule has 1 aromatic rings. The van der Waals surface area contributed by atoms with Crippen LogP contribution < -0.4 is 5.32 Å². The van der Waals surface area contributed by atoms with Crippen molar-refractivity contribution in [2.75, 3.05) is 13.2 Å². The van der Waals surface area contributed by atoms with Gasteiger partial charge in [-0.3, -0.25) is 9.59 Å². The summed E-state index contributed by atoms with van der Waals surface area (Å²) in [5.74, 6) is -0.121. The molecule has 0 bridgehead atoms. The van der Waals surface area contributed by atoms with E-state index in [-0.39, 0.29) is 36.6 Å². The highest BCUT2D eigenvalue weighted by molar-refractivity contribution is 5.97. The molecule has 2 rings (SSSR count). The molecular weight excluding hydrogens is 266 g/mol. The van der Waals surface area contributed by atoms with E-state index in [4.69, 9.17) is 0 Å². The largest absolute Gasteiger partial charge is 0.396 e. The number of aliphatic hydroxyl groups excluding tert-OH is 1. The van der Waals surface area contributed by atoms with E-state index < -0.39 is 0 Å². The van der Waals surface area contributed by atoms with Crippen LogP contribution in [-0.2, 0) is 11.2 Å². The summed E-state index contributed by atoms with van der Waals surface area (Å²) >= 11 is 0. The van der Waals surface area contributed by atoms with Crippen molar-refractivity contribution in [2.45, 2.75) is 39.0 Å². The molecule has 1 fully saturated rings. The molecule has 21 heavy (non-hydrogen) atoms. The van der Waals surface area contributed by atoms with Crippen LogP contribution in [0, 0.1) is 5.41 Å². The van der Waals surface area contributed by atoms with Crippen LogP contribution in [0.1, 0.15) is 48.5 Å². The van der Waals surface area contributed by atoms with Crippen molar-refractivity contribution in [3.8, 4) is 0 Å². The molecule has 1 saturated carbocycles. The highest BCUT2D eigenvalue weighted by Crippen LogP contribution is 2.44. The summed E-state index contributed by atoms with van der Waals surface area (Å²) in [6.45, 7) is 2.71. The van der Waals surface area contributed by atoms with Gasteiger partial charge in [0, 0.05) is 30.4 Å². The first-order valence-electron chi connectivity index (χ1n) is 7.58. The average molecular weight is 289 g/mol. The van der Waals surface area contributed by atoms with Crippen LogP contribution in [0.5, 0.6) is 0 Å². The summed E-state index contributed by atoms with van der Waals surface area (Å²) in [7, 11) is 0. The van der Waals surface area contributed by atoms with E-state index in [0.717, 1.165) is 19.3 Å². The Labute approximate surface area is 125 Å². The molecular formula is C17H23NO3. The molecule has 1 aromatic carbocycles. The van der Waals surface area contributed by atoms with Gasteiger partial charge in [-0.15, -0.1) is 0 Å². The summed E-state index contributed by atoms with van der Waals surface area (Å²) in [4.78, 5) is 23.7. The lowest BCUT2D eigenvalue weighted by Crippen LogP contribution is -2.32. The van der Waals surface area contributed by atoms with Crippen molar-refractivity contribution in [2.24, 2.45) is 5.41 Å². The molecule has 0 saturated heterocycles. The van der Waals surface area contributed by atoms with Gasteiger partial charge in [-0.25, -0.2) is 0 Å². The second-order valence-electron chi connectivity index (χ2n) is 5.91. The van der Waals surface area contributed by atoms with Gasteiger partial charge in [0.1, 0.15) is 0 Å². The van der Waals surface area contributed by atoms with Crippen molar-refractivity contribution in [3.63, 3.8) is 0 Å². The first kappa shape index (κ1) is 15.7. The normalized spacial score (nSPS) is 15.5. The van der Waals surface area contributed by atoms with Crippen molar-refractivity contribution in [1.82, 2.24) is 5.32 Å². The van der Waals surface area contributed by atoms with Gasteiger partial charge in [0.2, 0.25) is 5.91 Å². The highest BCUT2D eigenvalue weighted by atomic mass is 16.3. The van der Waals surface area contributed by atoms with Gasteiger partial charge in [-0.05, 0) is 24.8 Å². The molecule has 1 aliphatic rings. The topological polar surface area (TPSA) is 66.4 Å². The third-order valence-electron chi connectivity index (χ3n) is 4.22. The van der Waals surface area contributed by atoms with E-state index >= 15 is 0 Å². The average Bonchev–Trinajstić information content (AvgIpc) is 3.31. The third-order valence-corrected chi connectivity index (χ3v) is 4.22. The number of rotatable bonds is 8. The number of hydrogen-bond acceptors (Lipinski definition) is 3. The lowest BCUT2D eigenvalue weighted by molar-refractivity contribution is -0.121. The summed E-state index contributed by atoms with van der Waals surface area (Å²) in [6, 6.07) is 7.55. The maximum absolute atomic E-state index is 12.0. The molecule has 0 atom stereocenters. The van der Waals surface area contributed by atoms with Gasteiger partial charge in [0.25, 0.3) is 0 Å². The summed E-state index contributed by atoms with van der Waals surface area (Å²) in [6.07, 6.45) is 3.31. The molecule has 1 aliphatic carbocycles. The van der Waals surface area contributed by atoms with Crippen LogP contribution in [0.4, 0.5) is 0 Å². The Morgan fingerprint density at radius 1 is 1.19 bits per heavy atom. The molecule has 0 spiro atoms. The predicted molar refractivity (Wildman–Crippen MR) is 81.1 cm³/mol. The molecule has 0 unspecified atom stereocenters. The Morgan fingerprint density at radius 2 is 1.86 bits per heavy atom. The Bertz CT molecular complexity index is 503. The first-order chi connectivity index (χ1) is 10.1. The fourth-order valence-corrected chi connectivity index (χ4v) is 2.24. The molecule has 0 aliphatic heterocycles. The zero-order chi connectivity index (χ0) is 15.3. The zero-order valence-electron chi connectivity index (χ0n) is 12.5. The van der Waals surface area contributed by atoms with Crippen LogP contribution >= 0.6 is 0 Å². The molecule has 0 radical (unpaired) electrons. The monoisotopic (exact) mass is 289 g/mol. The number of nitrogens with one attached hydrogen (secondary N) is 1. The maximum Gasteiger partial charge on any atom is 0.220 e. The summed E-state index contributed by atoms with van der Waals surface area (Å²) in [5, 5.41) is 12.0. The van der Waals surface area contributed by atoms with Crippen LogP contribution in [0.2, 0.25) is 0 Å². The first-order valence-corrected chi connectivity index (χ1v) is 7.58. The zero-order valence-corrected chi connectivity index (χ0v) is 12.5. The van der Waals surface area contributed by atoms with Gasteiger partial charge in [0.15, 0.2) is 5.78 Å². The quantitative estimate of drug-likeness (QED) is 0.720. The van der Waals surface area contributed by atoms with Crippen LogP contribution in [0.15, 0.2) is 24.3 Å². The maximum atomic E-state index is 12.0. The van der Waals surface area contributed by atoms with E-state index in [9.17, 15) is 14.7 Å². The van der Waals surface area contributed by atoms with Crippen molar-refractivity contribution >= 4 is 11.7 Å². The van der Waals surface area contributed by atoms with Crippen molar-refractivity contribution in [3.05, 3.63) is 35.4 Å². The predicted octanol–water partition coefficient (Wildman–Crippen LogP) is 2.10. The fraction of sp³-hybridized carbons (Fsp3) is 0.529. The van der Waals surface area contributed by atoms with Gasteiger partial charge >= 0.3 is 0 Å². The van der Waals surface area contributed by atoms with E-state index in [1.807, 2.05) is 24.3 Å². The summed E-state index contributed by atoms with van der Waals surface area (Å²) < 4.78 is 0. The van der Waals surface area contributed by atoms with E-state index in [1.54, 1.807) is 0 Å². The summed E-state index contributed by atoms with van der Waals surface area (Å²) in [5.41, 5.74) is 1.77. The molecule has 114 valence electrons. The number of carbonyl (C=O) groups is 2. The fourth-order valence-electron chi connectivity index (χ4n) is 2.24. The number of amides is 1. The van der Waals surface area contributed by atoms with Crippen LogP contribution in [0.3, 0.4) is 0 Å². The second-order valence-corrected chi connectivity index (χ2v) is 5.91. The molecule has 2 N–H and O–H groups in total. The minimum atomic E-state index is -0.117. The molecule has 0 aromatic heterocycles. The van der Waals surface area contributed by atoms with E-state index in [1.165, 1.54) is 5.56 Å². The molecule has 4 nitrogen and oxygen atoms in total. The van der Waals surface area contributed by atoms with Crippen LogP contribution in [0.25, 0.3) is 0 Å². The number of benzene rings is 1.